The summed E-state index contributed by atoms with van der Waals surface area (Å²) in [6.45, 7) is -0.149. The summed E-state index contributed by atoms with van der Waals surface area (Å²) in [6, 6.07) is 39.3. The summed E-state index contributed by atoms with van der Waals surface area (Å²) >= 11 is 0. The lowest BCUT2D eigenvalue weighted by Gasteiger charge is -2.42. The first-order chi connectivity index (χ1) is 18.2. The number of imidazole rings is 1. The lowest BCUT2D eigenvalue weighted by Crippen LogP contribution is -2.39. The maximum absolute atomic E-state index is 13.2. The Balaban J connectivity index is 1.67. The molecule has 1 atom stereocenters. The normalized spacial score (nSPS) is 12.0. The first-order valence-corrected chi connectivity index (χ1v) is 12.0. The Morgan fingerprint density at radius 3 is 1.76 bits per heavy atom. The lowest BCUT2D eigenvalue weighted by molar-refractivity contribution is 0.0187. The largest absolute Gasteiger partial charge is 0.362 e. The summed E-state index contributed by atoms with van der Waals surface area (Å²) in [6.07, 6.45) is 2.77. The molecule has 0 fully saturated rings. The molecule has 1 N–H and O–H groups in total. The number of Topliss-reactive ketones (excluding diaryl/α,β-unsaturated/α-hetero) is 1. The van der Waals surface area contributed by atoms with Crippen LogP contribution in [0.4, 0.5) is 0 Å². The number of ketones is 1. The molecule has 0 spiro atoms. The van der Waals surface area contributed by atoms with Gasteiger partial charge in [0.2, 0.25) is 0 Å². The minimum Gasteiger partial charge on any atom is -0.362 e. The van der Waals surface area contributed by atoms with Crippen LogP contribution in [0.2, 0.25) is 0 Å². The van der Waals surface area contributed by atoms with E-state index in [1.54, 1.807) is 36.8 Å². The molecule has 0 saturated carbocycles. The van der Waals surface area contributed by atoms with Crippen molar-refractivity contribution in [1.29, 1.82) is 5.26 Å². The van der Waals surface area contributed by atoms with E-state index in [1.165, 1.54) is 0 Å². The number of hydrogen-bond acceptors (Lipinski definition) is 4. The molecule has 1 aromatic heterocycles. The van der Waals surface area contributed by atoms with Crippen molar-refractivity contribution in [2.45, 2.75) is 11.5 Å². The molecule has 0 aliphatic rings. The van der Waals surface area contributed by atoms with Crippen LogP contribution in [0.5, 0.6) is 0 Å². The number of nitriles is 1. The third kappa shape index (κ3) is 4.71. The fourth-order valence-corrected chi connectivity index (χ4v) is 4.89. The molecule has 0 aliphatic carbocycles. The Bertz CT molecular complexity index is 1380. The van der Waals surface area contributed by atoms with E-state index < -0.39 is 11.5 Å². The number of H-pyrrole nitrogens is 1. The number of ether oxygens (including phenoxy) is 1. The van der Waals surface area contributed by atoms with Crippen molar-refractivity contribution >= 4 is 5.78 Å². The summed E-state index contributed by atoms with van der Waals surface area (Å²) < 4.78 is 6.60. The Morgan fingerprint density at radius 2 is 1.32 bits per heavy atom. The maximum atomic E-state index is 13.2. The van der Waals surface area contributed by atoms with E-state index in [2.05, 4.69) is 52.4 Å². The monoisotopic (exact) mass is 483 g/mol. The highest BCUT2D eigenvalue weighted by molar-refractivity contribution is 5.97. The van der Waals surface area contributed by atoms with Crippen molar-refractivity contribution in [1.82, 2.24) is 9.97 Å². The Labute approximate surface area is 216 Å². The molecule has 0 radical (unpaired) electrons. The van der Waals surface area contributed by atoms with E-state index in [9.17, 15) is 4.79 Å². The predicted octanol–water partition coefficient (Wildman–Crippen LogP) is 6.26. The average Bonchev–Trinajstić information content (AvgIpc) is 3.51. The van der Waals surface area contributed by atoms with Crippen LogP contribution in [0, 0.1) is 11.3 Å². The number of carbonyl (C=O) groups is 1. The van der Waals surface area contributed by atoms with Gasteiger partial charge in [0.25, 0.3) is 0 Å². The van der Waals surface area contributed by atoms with Gasteiger partial charge in [-0.25, -0.2) is 4.98 Å². The number of aromatic amines is 1. The molecule has 1 heterocycles. The minimum atomic E-state index is -0.790. The third-order valence-corrected chi connectivity index (χ3v) is 6.60. The van der Waals surface area contributed by atoms with Gasteiger partial charge in [-0.3, -0.25) is 4.79 Å². The van der Waals surface area contributed by atoms with Crippen molar-refractivity contribution in [2.24, 2.45) is 0 Å². The quantitative estimate of drug-likeness (QED) is 0.198. The molecule has 1 unspecified atom stereocenters. The summed E-state index contributed by atoms with van der Waals surface area (Å²) in [5, 5.41) is 9.09. The zero-order valence-electron chi connectivity index (χ0n) is 20.1. The van der Waals surface area contributed by atoms with Crippen LogP contribution < -0.4 is 0 Å². The molecule has 4 aromatic carbocycles. The van der Waals surface area contributed by atoms with Gasteiger partial charge in [0, 0.05) is 5.56 Å². The standard InChI is InChI=1S/C32H25N3O2/c33-20-24-16-18-25(19-17-24)30(36)22-37-31(29-21-34-23-35-29)32(26-10-4-1-5-11-26,27-12-6-2-7-13-27)28-14-8-3-9-15-28/h1-19,21,23,31H,22H2,(H,34,35). The van der Waals surface area contributed by atoms with Crippen molar-refractivity contribution in [3.63, 3.8) is 0 Å². The zero-order chi connectivity index (χ0) is 25.5. The molecule has 5 nitrogen and oxygen atoms in total. The predicted molar refractivity (Wildman–Crippen MR) is 142 cm³/mol. The van der Waals surface area contributed by atoms with E-state index in [0.29, 0.717) is 11.1 Å². The summed E-state index contributed by atoms with van der Waals surface area (Å²) in [4.78, 5) is 20.8. The van der Waals surface area contributed by atoms with E-state index in [-0.39, 0.29) is 12.4 Å². The fraction of sp³-hybridized carbons (Fsp3) is 0.0938. The second-order valence-corrected chi connectivity index (χ2v) is 8.72. The van der Waals surface area contributed by atoms with Crippen LogP contribution in [-0.4, -0.2) is 22.4 Å². The first-order valence-electron chi connectivity index (χ1n) is 12.0. The molecule has 0 aliphatic heterocycles. The van der Waals surface area contributed by atoms with Crippen LogP contribution in [0.25, 0.3) is 0 Å². The van der Waals surface area contributed by atoms with Crippen LogP contribution in [0.1, 0.15) is 44.4 Å². The van der Waals surface area contributed by atoms with Gasteiger partial charge in [-0.15, -0.1) is 0 Å². The highest BCUT2D eigenvalue weighted by atomic mass is 16.5. The molecule has 37 heavy (non-hydrogen) atoms. The van der Waals surface area contributed by atoms with E-state index >= 15 is 0 Å². The maximum Gasteiger partial charge on any atom is 0.188 e. The second kappa shape index (κ2) is 10.9. The van der Waals surface area contributed by atoms with Crippen LogP contribution in [0.15, 0.2) is 128 Å². The van der Waals surface area contributed by atoms with Crippen molar-refractivity contribution < 1.29 is 9.53 Å². The van der Waals surface area contributed by atoms with E-state index in [1.807, 2.05) is 54.6 Å². The van der Waals surface area contributed by atoms with Crippen molar-refractivity contribution in [3.05, 3.63) is 161 Å². The molecule has 0 saturated heterocycles. The van der Waals surface area contributed by atoms with Gasteiger partial charge in [-0.05, 0) is 28.8 Å². The highest BCUT2D eigenvalue weighted by Crippen LogP contribution is 2.49. The van der Waals surface area contributed by atoms with Gasteiger partial charge in [0.1, 0.15) is 12.7 Å². The third-order valence-electron chi connectivity index (χ3n) is 6.60. The number of nitrogens with one attached hydrogen (secondary N) is 1. The fourth-order valence-electron chi connectivity index (χ4n) is 4.89. The van der Waals surface area contributed by atoms with Crippen LogP contribution in [-0.2, 0) is 10.2 Å². The van der Waals surface area contributed by atoms with Crippen LogP contribution in [0.3, 0.4) is 0 Å². The number of carbonyl (C=O) groups excluding carboxylic acids is 1. The molecule has 5 aromatic rings. The Hall–Kier alpha value is -4.79. The summed E-state index contributed by atoms with van der Waals surface area (Å²) in [5.74, 6) is -0.169. The number of aromatic nitrogens is 2. The summed E-state index contributed by atoms with van der Waals surface area (Å²) in [5.41, 5.74) is 4.04. The summed E-state index contributed by atoms with van der Waals surface area (Å²) in [7, 11) is 0. The van der Waals surface area contributed by atoms with Crippen molar-refractivity contribution in [3.8, 4) is 6.07 Å². The Kier molecular flexibility index (Phi) is 7.02. The molecule has 0 bridgehead atoms. The van der Waals surface area contributed by atoms with Crippen molar-refractivity contribution in [2.75, 3.05) is 6.61 Å². The van der Waals surface area contributed by atoms with E-state index in [4.69, 9.17) is 10.00 Å². The number of hydrogen-bond donors (Lipinski definition) is 1. The van der Waals surface area contributed by atoms with Gasteiger partial charge in [0.05, 0.1) is 35.3 Å². The number of rotatable bonds is 9. The molecule has 180 valence electrons. The zero-order valence-corrected chi connectivity index (χ0v) is 20.1. The minimum absolute atomic E-state index is 0.149. The van der Waals surface area contributed by atoms with E-state index in [0.717, 1.165) is 22.4 Å². The van der Waals surface area contributed by atoms with Gasteiger partial charge < -0.3 is 9.72 Å². The van der Waals surface area contributed by atoms with Gasteiger partial charge in [0.15, 0.2) is 5.78 Å². The molecule has 5 heteroatoms. The number of benzene rings is 4. The number of nitrogens with zero attached hydrogens (tertiary/aromatic N) is 2. The van der Waals surface area contributed by atoms with Gasteiger partial charge >= 0.3 is 0 Å². The van der Waals surface area contributed by atoms with Crippen LogP contribution >= 0.6 is 0 Å². The lowest BCUT2D eigenvalue weighted by atomic mass is 9.65. The topological polar surface area (TPSA) is 78.8 Å². The van der Waals surface area contributed by atoms with Gasteiger partial charge in [-0.1, -0.05) is 103 Å². The van der Waals surface area contributed by atoms with Gasteiger partial charge in [-0.2, -0.15) is 5.26 Å². The molecule has 0 amide bonds. The smallest absolute Gasteiger partial charge is 0.188 e. The SMILES string of the molecule is N#Cc1ccc(C(=O)COC(c2cnc[nH]2)C(c2ccccc2)(c2ccccc2)c2ccccc2)cc1. The Morgan fingerprint density at radius 1 is 0.811 bits per heavy atom. The second-order valence-electron chi connectivity index (χ2n) is 8.72. The molecule has 5 rings (SSSR count). The molecular formula is C32H25N3O2. The first kappa shape index (κ1) is 23.9. The highest BCUT2D eigenvalue weighted by Gasteiger charge is 2.46. The average molecular weight is 484 g/mol. The molecular weight excluding hydrogens is 458 g/mol.